The Bertz CT molecular complexity index is 748. The second kappa shape index (κ2) is 6.00. The van der Waals surface area contributed by atoms with Gasteiger partial charge in [-0.05, 0) is 31.2 Å². The van der Waals surface area contributed by atoms with Gasteiger partial charge < -0.3 is 19.9 Å². The van der Waals surface area contributed by atoms with Gasteiger partial charge in [0, 0.05) is 37.1 Å². The molecule has 1 atom stereocenters. The maximum absolute atomic E-state index is 13.2. The average molecular weight is 319 g/mol. The van der Waals surface area contributed by atoms with Gasteiger partial charge in [-0.2, -0.15) is 0 Å². The zero-order chi connectivity index (χ0) is 16.6. The summed E-state index contributed by atoms with van der Waals surface area (Å²) in [5.74, 6) is -0.843. The molecule has 1 aliphatic rings. The lowest BCUT2D eigenvalue weighted by Crippen LogP contribution is -2.52. The molecule has 6 nitrogen and oxygen atoms in total. The number of aromatic amines is 1. The molecule has 1 fully saturated rings. The molecule has 1 aliphatic heterocycles. The standard InChI is InChI=1S/C16H18FN3O3/c1-10(21)15(22)19-4-6-20(7-5-19)16(23)14-9-11-8-12(17)2-3-13(11)18-14/h2-3,8-10,18,21H,4-7H2,1H3. The van der Waals surface area contributed by atoms with Crippen LogP contribution in [0, 0.1) is 5.82 Å². The van der Waals surface area contributed by atoms with E-state index in [-0.39, 0.29) is 17.6 Å². The minimum Gasteiger partial charge on any atom is -0.384 e. The van der Waals surface area contributed by atoms with E-state index >= 15 is 0 Å². The van der Waals surface area contributed by atoms with Crippen LogP contribution in [0.4, 0.5) is 4.39 Å². The number of hydrogen-bond acceptors (Lipinski definition) is 3. The van der Waals surface area contributed by atoms with Crippen molar-refractivity contribution in [3.63, 3.8) is 0 Å². The Kier molecular flexibility index (Phi) is 4.04. The highest BCUT2D eigenvalue weighted by Gasteiger charge is 2.27. The SMILES string of the molecule is CC(O)C(=O)N1CCN(C(=O)c2cc3cc(F)ccc3[nH]2)CC1. The molecule has 1 aromatic carbocycles. The van der Waals surface area contributed by atoms with Crippen LogP contribution in [0.3, 0.4) is 0 Å². The van der Waals surface area contributed by atoms with Crippen molar-refractivity contribution in [2.24, 2.45) is 0 Å². The quantitative estimate of drug-likeness (QED) is 0.866. The van der Waals surface area contributed by atoms with Gasteiger partial charge in [0.05, 0.1) is 0 Å². The van der Waals surface area contributed by atoms with Crippen LogP contribution >= 0.6 is 0 Å². The summed E-state index contributed by atoms with van der Waals surface area (Å²) in [6.07, 6.45) is -1.03. The van der Waals surface area contributed by atoms with Crippen molar-refractivity contribution in [2.75, 3.05) is 26.2 Å². The van der Waals surface area contributed by atoms with Crippen LogP contribution in [-0.4, -0.2) is 64.0 Å². The zero-order valence-electron chi connectivity index (χ0n) is 12.8. The van der Waals surface area contributed by atoms with Crippen molar-refractivity contribution in [2.45, 2.75) is 13.0 Å². The van der Waals surface area contributed by atoms with Crippen molar-refractivity contribution < 1.29 is 19.1 Å². The zero-order valence-corrected chi connectivity index (χ0v) is 12.8. The fourth-order valence-corrected chi connectivity index (χ4v) is 2.78. The molecule has 0 aliphatic carbocycles. The molecule has 122 valence electrons. The van der Waals surface area contributed by atoms with E-state index in [2.05, 4.69) is 4.98 Å². The number of aromatic nitrogens is 1. The summed E-state index contributed by atoms with van der Waals surface area (Å²) in [7, 11) is 0. The molecular formula is C16H18FN3O3. The van der Waals surface area contributed by atoms with E-state index in [0.29, 0.717) is 42.8 Å². The maximum Gasteiger partial charge on any atom is 0.270 e. The first-order chi connectivity index (χ1) is 11.0. The van der Waals surface area contributed by atoms with Crippen LogP contribution in [0.25, 0.3) is 10.9 Å². The first kappa shape index (κ1) is 15.5. The Balaban J connectivity index is 1.70. The van der Waals surface area contributed by atoms with Gasteiger partial charge >= 0.3 is 0 Å². The molecule has 1 unspecified atom stereocenters. The van der Waals surface area contributed by atoms with Gasteiger partial charge in [0.15, 0.2) is 0 Å². The van der Waals surface area contributed by atoms with E-state index in [1.54, 1.807) is 21.9 Å². The molecule has 2 N–H and O–H groups in total. The van der Waals surface area contributed by atoms with Gasteiger partial charge in [-0.3, -0.25) is 9.59 Å². The second-order valence-electron chi connectivity index (χ2n) is 5.71. The lowest BCUT2D eigenvalue weighted by atomic mass is 10.2. The van der Waals surface area contributed by atoms with Gasteiger partial charge in [-0.25, -0.2) is 4.39 Å². The summed E-state index contributed by atoms with van der Waals surface area (Å²) < 4.78 is 13.2. The normalized spacial score (nSPS) is 16.7. The molecule has 3 rings (SSSR count). The van der Waals surface area contributed by atoms with Gasteiger partial charge in [0.2, 0.25) is 0 Å². The Hall–Kier alpha value is -2.41. The van der Waals surface area contributed by atoms with Crippen molar-refractivity contribution in [1.82, 2.24) is 14.8 Å². The van der Waals surface area contributed by atoms with Gasteiger partial charge in [0.25, 0.3) is 11.8 Å². The Morgan fingerprint density at radius 2 is 1.83 bits per heavy atom. The molecule has 0 saturated carbocycles. The average Bonchev–Trinajstić information content (AvgIpc) is 2.96. The summed E-state index contributed by atoms with van der Waals surface area (Å²) in [5.41, 5.74) is 1.11. The van der Waals surface area contributed by atoms with E-state index in [0.717, 1.165) is 0 Å². The number of nitrogens with zero attached hydrogens (tertiary/aromatic N) is 2. The fourth-order valence-electron chi connectivity index (χ4n) is 2.78. The molecule has 1 saturated heterocycles. The molecular weight excluding hydrogens is 301 g/mol. The van der Waals surface area contributed by atoms with Gasteiger partial charge in [-0.1, -0.05) is 0 Å². The number of fused-ring (bicyclic) bond motifs is 1. The van der Waals surface area contributed by atoms with Crippen LogP contribution < -0.4 is 0 Å². The molecule has 2 amide bonds. The monoisotopic (exact) mass is 319 g/mol. The molecule has 0 bridgehead atoms. The predicted molar refractivity (Wildman–Crippen MR) is 82.4 cm³/mol. The van der Waals surface area contributed by atoms with Gasteiger partial charge in [-0.15, -0.1) is 0 Å². The van der Waals surface area contributed by atoms with E-state index < -0.39 is 6.10 Å². The largest absolute Gasteiger partial charge is 0.384 e. The van der Waals surface area contributed by atoms with Crippen molar-refractivity contribution in [3.05, 3.63) is 35.8 Å². The summed E-state index contributed by atoms with van der Waals surface area (Å²) >= 11 is 0. The number of nitrogens with one attached hydrogen (secondary N) is 1. The minimum absolute atomic E-state index is 0.175. The number of aliphatic hydroxyl groups excluding tert-OH is 1. The number of hydrogen-bond donors (Lipinski definition) is 2. The van der Waals surface area contributed by atoms with Crippen LogP contribution in [-0.2, 0) is 4.79 Å². The number of carbonyl (C=O) groups excluding carboxylic acids is 2. The van der Waals surface area contributed by atoms with Gasteiger partial charge in [0.1, 0.15) is 17.6 Å². The van der Waals surface area contributed by atoms with Crippen LogP contribution in [0.2, 0.25) is 0 Å². The summed E-state index contributed by atoms with van der Waals surface area (Å²) in [5, 5.41) is 9.97. The number of piperazine rings is 1. The Morgan fingerprint density at radius 1 is 1.17 bits per heavy atom. The second-order valence-corrected chi connectivity index (χ2v) is 5.71. The highest BCUT2D eigenvalue weighted by Crippen LogP contribution is 2.18. The topological polar surface area (TPSA) is 76.6 Å². The molecule has 0 radical (unpaired) electrons. The third-order valence-corrected chi connectivity index (χ3v) is 4.05. The highest BCUT2D eigenvalue weighted by molar-refractivity contribution is 5.98. The maximum atomic E-state index is 13.2. The number of halogens is 1. The number of H-pyrrole nitrogens is 1. The molecule has 7 heteroatoms. The Labute approximate surface area is 132 Å². The molecule has 1 aromatic heterocycles. The summed E-state index contributed by atoms with van der Waals surface area (Å²) in [4.78, 5) is 30.4. The van der Waals surface area contributed by atoms with E-state index in [9.17, 15) is 19.1 Å². The first-order valence-electron chi connectivity index (χ1n) is 7.50. The van der Waals surface area contributed by atoms with E-state index in [4.69, 9.17) is 0 Å². The number of benzene rings is 1. The van der Waals surface area contributed by atoms with E-state index in [1.165, 1.54) is 19.1 Å². The van der Waals surface area contributed by atoms with Crippen molar-refractivity contribution in [3.8, 4) is 0 Å². The number of carbonyl (C=O) groups is 2. The number of aliphatic hydroxyl groups is 1. The number of amides is 2. The summed E-state index contributed by atoms with van der Waals surface area (Å²) in [6.45, 7) is 3.03. The molecule has 0 spiro atoms. The third-order valence-electron chi connectivity index (χ3n) is 4.05. The lowest BCUT2D eigenvalue weighted by molar-refractivity contribution is -0.140. The van der Waals surface area contributed by atoms with Crippen LogP contribution in [0.15, 0.2) is 24.3 Å². The number of rotatable bonds is 2. The van der Waals surface area contributed by atoms with Crippen LogP contribution in [0.1, 0.15) is 17.4 Å². The summed E-state index contributed by atoms with van der Waals surface area (Å²) in [6, 6.07) is 5.95. The molecule has 2 heterocycles. The third kappa shape index (κ3) is 3.05. The molecule has 23 heavy (non-hydrogen) atoms. The van der Waals surface area contributed by atoms with Crippen molar-refractivity contribution >= 4 is 22.7 Å². The first-order valence-corrected chi connectivity index (χ1v) is 7.50. The molecule has 2 aromatic rings. The predicted octanol–water partition coefficient (Wildman–Crippen LogP) is 0.972. The lowest BCUT2D eigenvalue weighted by Gasteiger charge is -2.35. The fraction of sp³-hybridized carbons (Fsp3) is 0.375. The van der Waals surface area contributed by atoms with Crippen LogP contribution in [0.5, 0.6) is 0 Å². The Morgan fingerprint density at radius 3 is 2.48 bits per heavy atom. The minimum atomic E-state index is -1.03. The van der Waals surface area contributed by atoms with Crippen molar-refractivity contribution in [1.29, 1.82) is 0 Å². The smallest absolute Gasteiger partial charge is 0.270 e. The highest BCUT2D eigenvalue weighted by atomic mass is 19.1. The van der Waals surface area contributed by atoms with E-state index in [1.807, 2.05) is 0 Å².